The number of carbonyl (C=O) groups excluding carboxylic acids is 2. The van der Waals surface area contributed by atoms with E-state index < -0.39 is 41.3 Å². The second kappa shape index (κ2) is 11.0. The third-order valence-corrected chi connectivity index (χ3v) is 7.01. The van der Waals surface area contributed by atoms with Gasteiger partial charge in [0.05, 0.1) is 17.5 Å². The van der Waals surface area contributed by atoms with Gasteiger partial charge in [0.2, 0.25) is 5.91 Å². The molecule has 1 aromatic heterocycles. The summed E-state index contributed by atoms with van der Waals surface area (Å²) >= 11 is 0. The molecular weight excluding hydrogens is 523 g/mol. The molecule has 1 fully saturated rings. The molecule has 0 saturated carbocycles. The Morgan fingerprint density at radius 1 is 1.00 bits per heavy atom. The van der Waals surface area contributed by atoms with Crippen molar-refractivity contribution in [1.29, 1.82) is 0 Å². The van der Waals surface area contributed by atoms with Crippen LogP contribution < -0.4 is 16.6 Å². The van der Waals surface area contributed by atoms with Gasteiger partial charge in [-0.2, -0.15) is 13.2 Å². The number of amides is 1. The maximum Gasteiger partial charge on any atom is 0.417 e. The number of nitrogens with two attached hydrogens (primary N) is 1. The number of halogens is 3. The molecule has 1 unspecified atom stereocenters. The molecule has 2 heterocycles. The molecule has 7 nitrogen and oxygen atoms in total. The summed E-state index contributed by atoms with van der Waals surface area (Å²) in [6.45, 7) is -0.0420. The number of hydrogen-bond acceptors (Lipinski definition) is 5. The van der Waals surface area contributed by atoms with Crippen LogP contribution in [0.2, 0.25) is 0 Å². The van der Waals surface area contributed by atoms with Crippen molar-refractivity contribution in [3.8, 4) is 11.3 Å². The normalized spacial score (nSPS) is 17.9. The van der Waals surface area contributed by atoms with Crippen molar-refractivity contribution in [3.63, 3.8) is 0 Å². The maximum atomic E-state index is 13.5. The van der Waals surface area contributed by atoms with Crippen molar-refractivity contribution in [2.45, 2.75) is 37.0 Å². The topological polar surface area (TPSA) is 114 Å². The molecule has 1 saturated heterocycles. The molecule has 3 atom stereocenters. The molecule has 1 aliphatic heterocycles. The van der Waals surface area contributed by atoms with E-state index in [2.05, 4.69) is 10.3 Å². The van der Waals surface area contributed by atoms with Crippen LogP contribution in [-0.4, -0.2) is 35.6 Å². The van der Waals surface area contributed by atoms with Crippen LogP contribution in [0, 0.1) is 0 Å². The number of nitrogens with one attached hydrogen (secondary N) is 2. The Kier molecular flexibility index (Phi) is 7.44. The monoisotopic (exact) mass is 549 g/mol. The van der Waals surface area contributed by atoms with E-state index in [4.69, 9.17) is 10.5 Å². The Bertz CT molecular complexity index is 1620. The van der Waals surface area contributed by atoms with E-state index in [0.29, 0.717) is 23.8 Å². The minimum Gasteiger partial charge on any atom is -0.462 e. The van der Waals surface area contributed by atoms with Gasteiger partial charge in [0, 0.05) is 16.6 Å². The molecule has 0 radical (unpaired) electrons. The molecule has 1 aliphatic rings. The number of esters is 1. The number of carbonyl (C=O) groups is 2. The summed E-state index contributed by atoms with van der Waals surface area (Å²) in [5.74, 6) is -1.43. The molecule has 3 aromatic carbocycles. The number of H-pyrrole nitrogens is 1. The lowest BCUT2D eigenvalue weighted by molar-refractivity contribution is -0.146. The largest absolute Gasteiger partial charge is 0.462 e. The summed E-state index contributed by atoms with van der Waals surface area (Å²) in [5, 5.41) is 3.50. The zero-order valence-electron chi connectivity index (χ0n) is 21.2. The number of rotatable bonds is 7. The summed E-state index contributed by atoms with van der Waals surface area (Å²) in [7, 11) is 0. The van der Waals surface area contributed by atoms with E-state index in [-0.39, 0.29) is 29.2 Å². The molecule has 0 spiro atoms. The molecule has 1 amide bonds. The number of hydrogen-bond donors (Lipinski definition) is 3. The summed E-state index contributed by atoms with van der Waals surface area (Å²) in [5.41, 5.74) is 5.96. The second-order valence-electron chi connectivity index (χ2n) is 9.82. The Hall–Kier alpha value is -4.44. The van der Waals surface area contributed by atoms with Crippen molar-refractivity contribution < 1.29 is 27.5 Å². The fourth-order valence-corrected chi connectivity index (χ4v) is 5.00. The van der Waals surface area contributed by atoms with Crippen molar-refractivity contribution in [2.75, 3.05) is 6.61 Å². The van der Waals surface area contributed by atoms with Gasteiger partial charge in [0.25, 0.3) is 5.56 Å². The van der Waals surface area contributed by atoms with Crippen molar-refractivity contribution in [2.24, 2.45) is 5.73 Å². The first-order chi connectivity index (χ1) is 19.1. The molecular formula is C30H26F3N3O4. The second-order valence-corrected chi connectivity index (χ2v) is 9.82. The van der Waals surface area contributed by atoms with E-state index in [0.717, 1.165) is 11.6 Å². The molecule has 4 aromatic rings. The van der Waals surface area contributed by atoms with Crippen LogP contribution >= 0.6 is 0 Å². The molecule has 206 valence electrons. The van der Waals surface area contributed by atoms with Gasteiger partial charge in [-0.05, 0) is 47.6 Å². The summed E-state index contributed by atoms with van der Waals surface area (Å²) < 4.78 is 45.9. The lowest BCUT2D eigenvalue weighted by atomic mass is 9.93. The Labute approximate surface area is 227 Å². The first kappa shape index (κ1) is 27.1. The third-order valence-electron chi connectivity index (χ3n) is 7.01. The zero-order chi connectivity index (χ0) is 28.4. The predicted molar refractivity (Wildman–Crippen MR) is 143 cm³/mol. The van der Waals surface area contributed by atoms with Crippen LogP contribution in [0.25, 0.3) is 22.0 Å². The van der Waals surface area contributed by atoms with Crippen molar-refractivity contribution in [3.05, 3.63) is 106 Å². The highest BCUT2D eigenvalue weighted by atomic mass is 19.4. The van der Waals surface area contributed by atoms with Crippen LogP contribution in [0.1, 0.15) is 29.0 Å². The first-order valence-electron chi connectivity index (χ1n) is 12.7. The number of alkyl halides is 3. The van der Waals surface area contributed by atoms with Crippen LogP contribution in [0.15, 0.2) is 83.7 Å². The molecule has 0 aliphatic carbocycles. The number of pyridine rings is 1. The first-order valence-corrected chi connectivity index (χ1v) is 12.7. The van der Waals surface area contributed by atoms with Gasteiger partial charge in [-0.3, -0.25) is 14.4 Å². The van der Waals surface area contributed by atoms with Crippen LogP contribution in [0.3, 0.4) is 0 Å². The zero-order valence-corrected chi connectivity index (χ0v) is 21.2. The Balaban J connectivity index is 1.29. The van der Waals surface area contributed by atoms with Crippen LogP contribution in [0.5, 0.6) is 0 Å². The Morgan fingerprint density at radius 3 is 2.48 bits per heavy atom. The molecule has 4 N–H and O–H groups in total. The fourth-order valence-electron chi connectivity index (χ4n) is 5.00. The van der Waals surface area contributed by atoms with E-state index in [1.807, 2.05) is 30.3 Å². The number of ether oxygens (including phenoxy) is 1. The summed E-state index contributed by atoms with van der Waals surface area (Å²) in [4.78, 5) is 40.6. The average molecular weight is 550 g/mol. The lowest BCUT2D eigenvalue weighted by Crippen LogP contribution is -2.38. The molecule has 5 rings (SSSR count). The highest BCUT2D eigenvalue weighted by Crippen LogP contribution is 2.37. The SMILES string of the molecule is N[C@@H](Cc1ccccc1)C(=O)OCC1C[C@H](c2ccc3cc(-c4ccccc4C(F)(F)F)[nH]c(=O)c3c2)C(=O)N1. The van der Waals surface area contributed by atoms with Gasteiger partial charge in [-0.1, -0.05) is 60.7 Å². The van der Waals surface area contributed by atoms with Gasteiger partial charge in [-0.15, -0.1) is 0 Å². The van der Waals surface area contributed by atoms with Gasteiger partial charge >= 0.3 is 12.1 Å². The Morgan fingerprint density at radius 2 is 1.73 bits per heavy atom. The van der Waals surface area contributed by atoms with Gasteiger partial charge in [-0.25, -0.2) is 0 Å². The molecule has 40 heavy (non-hydrogen) atoms. The third kappa shape index (κ3) is 5.76. The fraction of sp³-hybridized carbons (Fsp3) is 0.233. The quantitative estimate of drug-likeness (QED) is 0.298. The predicted octanol–water partition coefficient (Wildman–Crippen LogP) is 4.30. The van der Waals surface area contributed by atoms with E-state index in [1.165, 1.54) is 24.3 Å². The average Bonchev–Trinajstić information content (AvgIpc) is 3.31. The van der Waals surface area contributed by atoms with Crippen molar-refractivity contribution in [1.82, 2.24) is 10.3 Å². The van der Waals surface area contributed by atoms with E-state index in [9.17, 15) is 27.6 Å². The van der Waals surface area contributed by atoms with Crippen LogP contribution in [0.4, 0.5) is 13.2 Å². The summed E-state index contributed by atoms with van der Waals surface area (Å²) in [6, 6.07) is 19.4. The number of benzene rings is 3. The molecule has 0 bridgehead atoms. The lowest BCUT2D eigenvalue weighted by Gasteiger charge is -2.15. The number of aromatic nitrogens is 1. The van der Waals surface area contributed by atoms with Crippen LogP contribution in [-0.2, 0) is 26.9 Å². The smallest absolute Gasteiger partial charge is 0.417 e. The van der Waals surface area contributed by atoms with Gasteiger partial charge < -0.3 is 20.8 Å². The summed E-state index contributed by atoms with van der Waals surface area (Å²) in [6.07, 6.45) is -3.92. The maximum absolute atomic E-state index is 13.5. The highest BCUT2D eigenvalue weighted by Gasteiger charge is 2.35. The van der Waals surface area contributed by atoms with Gasteiger partial charge in [0.15, 0.2) is 0 Å². The van der Waals surface area contributed by atoms with E-state index >= 15 is 0 Å². The number of fused-ring (bicyclic) bond motifs is 1. The van der Waals surface area contributed by atoms with Crippen molar-refractivity contribution >= 4 is 22.6 Å². The van der Waals surface area contributed by atoms with Gasteiger partial charge in [0.1, 0.15) is 12.6 Å². The number of aromatic amines is 1. The standard InChI is InChI=1S/C30H26F3N3O4/c31-30(32,33)24-9-5-4-8-21(24)26-14-19-11-10-18(13-22(19)28(38)36-26)23-15-20(35-27(23)37)16-40-29(39)25(34)12-17-6-2-1-3-7-17/h1-11,13-14,20,23,25H,12,15-16,34H2,(H,35,37)(H,36,38)/t20?,23-,25+/m1/s1. The van der Waals surface area contributed by atoms with E-state index in [1.54, 1.807) is 18.2 Å². The molecule has 10 heteroatoms. The minimum atomic E-state index is -4.58. The minimum absolute atomic E-state index is 0.0420. The highest BCUT2D eigenvalue weighted by molar-refractivity contribution is 5.90.